The van der Waals surface area contributed by atoms with Crippen molar-refractivity contribution in [3.63, 3.8) is 0 Å². The molecule has 0 aliphatic carbocycles. The lowest BCUT2D eigenvalue weighted by molar-refractivity contribution is -0.384. The molecule has 13 heteroatoms. The predicted octanol–water partition coefficient (Wildman–Crippen LogP) is 3.57. The lowest BCUT2D eigenvalue weighted by atomic mass is 10.1. The number of nitrogens with zero attached hydrogens (tertiary/aromatic N) is 3. The van der Waals surface area contributed by atoms with Crippen LogP contribution >= 0.6 is 0 Å². The molecule has 3 aromatic rings. The van der Waals surface area contributed by atoms with Gasteiger partial charge in [-0.3, -0.25) is 19.7 Å². The van der Waals surface area contributed by atoms with Crippen LogP contribution in [-0.4, -0.2) is 33.2 Å². The number of ether oxygens (including phenoxy) is 1. The van der Waals surface area contributed by atoms with Crippen LogP contribution in [0.4, 0.5) is 24.5 Å². The summed E-state index contributed by atoms with van der Waals surface area (Å²) in [6.07, 6.45) is -4.62. The number of halogens is 3. The Morgan fingerprint density at radius 2 is 1.83 bits per heavy atom. The minimum absolute atomic E-state index is 0.0593. The van der Waals surface area contributed by atoms with Crippen LogP contribution < -0.4 is 10.7 Å². The number of alkyl halides is 3. The highest BCUT2D eigenvalue weighted by Crippen LogP contribution is 2.30. The fraction of sp³-hybridized carbons (Fsp3) is 0.182. The van der Waals surface area contributed by atoms with Gasteiger partial charge in [-0.15, -0.1) is 0 Å². The van der Waals surface area contributed by atoms with Crippen molar-refractivity contribution < 1.29 is 32.4 Å². The van der Waals surface area contributed by atoms with Crippen molar-refractivity contribution in [2.45, 2.75) is 20.0 Å². The fourth-order valence-electron chi connectivity index (χ4n) is 3.11. The van der Waals surface area contributed by atoms with E-state index in [4.69, 9.17) is 4.74 Å². The molecule has 1 N–H and O–H groups in total. The highest BCUT2D eigenvalue weighted by Gasteiger charge is 2.31. The summed E-state index contributed by atoms with van der Waals surface area (Å²) < 4.78 is 44.9. The van der Waals surface area contributed by atoms with Crippen LogP contribution in [0.15, 0.2) is 53.3 Å². The molecule has 35 heavy (non-hydrogen) atoms. The molecule has 182 valence electrons. The second-order valence-corrected chi connectivity index (χ2v) is 7.31. The topological polar surface area (TPSA) is 133 Å². The summed E-state index contributed by atoms with van der Waals surface area (Å²) in [7, 11) is 0. The maximum Gasteiger partial charge on any atom is 0.416 e. The lowest BCUT2D eigenvalue weighted by Crippen LogP contribution is -2.27. The zero-order chi connectivity index (χ0) is 25.9. The summed E-state index contributed by atoms with van der Waals surface area (Å²) in [4.78, 5) is 47.4. The van der Waals surface area contributed by atoms with Crippen LogP contribution in [0.5, 0.6) is 0 Å². The first kappa shape index (κ1) is 25.1. The van der Waals surface area contributed by atoms with Gasteiger partial charge in [-0.25, -0.2) is 9.48 Å². The van der Waals surface area contributed by atoms with Gasteiger partial charge < -0.3 is 10.1 Å². The summed E-state index contributed by atoms with van der Waals surface area (Å²) in [5.74, 6) is -2.22. The van der Waals surface area contributed by atoms with E-state index in [0.717, 1.165) is 28.9 Å². The largest absolute Gasteiger partial charge is 0.451 e. The monoisotopic (exact) mass is 490 g/mol. The molecule has 3 rings (SSSR count). The molecule has 0 aliphatic heterocycles. The van der Waals surface area contributed by atoms with Crippen molar-refractivity contribution in [3.8, 4) is 5.69 Å². The van der Waals surface area contributed by atoms with Gasteiger partial charge >= 0.3 is 12.1 Å². The van der Waals surface area contributed by atoms with E-state index < -0.39 is 46.3 Å². The molecule has 1 heterocycles. The first-order valence-electron chi connectivity index (χ1n) is 9.88. The Morgan fingerprint density at radius 3 is 2.49 bits per heavy atom. The van der Waals surface area contributed by atoms with Gasteiger partial charge in [-0.05, 0) is 37.6 Å². The second kappa shape index (κ2) is 9.75. The number of hydrogen-bond donors (Lipinski definition) is 1. The fourth-order valence-corrected chi connectivity index (χ4v) is 3.11. The Hall–Kier alpha value is -4.55. The van der Waals surface area contributed by atoms with E-state index in [1.807, 2.05) is 0 Å². The molecule has 1 amide bonds. The Kier molecular flexibility index (Phi) is 6.99. The van der Waals surface area contributed by atoms with Crippen LogP contribution in [0.1, 0.15) is 27.3 Å². The minimum Gasteiger partial charge on any atom is -0.451 e. The van der Waals surface area contributed by atoms with Crippen LogP contribution in [0.2, 0.25) is 0 Å². The van der Waals surface area contributed by atoms with Crippen LogP contribution in [-0.2, 0) is 15.7 Å². The number of nitro benzene ring substituents is 1. The SMILES string of the molecule is Cc1cccc([N+](=O)[O-])c1NC(=O)COC(=O)c1nn(-c2cccc(C(F)(F)F)c2)c(C)cc1=O. The van der Waals surface area contributed by atoms with E-state index in [-0.39, 0.29) is 22.8 Å². The summed E-state index contributed by atoms with van der Waals surface area (Å²) in [5.41, 5.74) is -2.56. The molecule has 0 unspecified atom stereocenters. The van der Waals surface area contributed by atoms with Gasteiger partial charge in [0.05, 0.1) is 16.2 Å². The standard InChI is InChI=1S/C22H17F3N4O6/c1-12-5-3-8-16(29(33)34)19(12)26-18(31)11-35-21(32)20-17(30)9-13(2)28(27-20)15-7-4-6-14(10-15)22(23,24)25/h3-10H,11H2,1-2H3,(H,26,31). The average Bonchev–Trinajstić information content (AvgIpc) is 2.78. The highest BCUT2D eigenvalue weighted by atomic mass is 19.4. The Bertz CT molecular complexity index is 1380. The molecule has 0 aliphatic rings. The zero-order valence-electron chi connectivity index (χ0n) is 18.3. The third-order valence-corrected chi connectivity index (χ3v) is 4.77. The molecule has 0 radical (unpaired) electrons. The molecule has 2 aromatic carbocycles. The molecular weight excluding hydrogens is 473 g/mol. The summed E-state index contributed by atoms with van der Waals surface area (Å²) in [6, 6.07) is 9.22. The van der Waals surface area contributed by atoms with Crippen molar-refractivity contribution in [1.82, 2.24) is 9.78 Å². The Morgan fingerprint density at radius 1 is 1.14 bits per heavy atom. The molecule has 1 aromatic heterocycles. The Balaban J connectivity index is 1.81. The van der Waals surface area contributed by atoms with Crippen molar-refractivity contribution in [2.75, 3.05) is 11.9 Å². The Labute approximate surface area is 195 Å². The van der Waals surface area contributed by atoms with E-state index in [0.29, 0.717) is 5.56 Å². The van der Waals surface area contributed by atoms with Gasteiger partial charge in [0.1, 0.15) is 5.69 Å². The number of para-hydroxylation sites is 1. The molecule has 0 spiro atoms. The first-order valence-corrected chi connectivity index (χ1v) is 9.88. The number of nitrogens with one attached hydrogen (secondary N) is 1. The third kappa shape index (κ3) is 5.69. The van der Waals surface area contributed by atoms with E-state index in [1.165, 1.54) is 38.1 Å². The summed E-state index contributed by atoms with van der Waals surface area (Å²) in [5, 5.41) is 17.3. The maximum absolute atomic E-state index is 13.1. The third-order valence-electron chi connectivity index (χ3n) is 4.77. The second-order valence-electron chi connectivity index (χ2n) is 7.31. The first-order chi connectivity index (χ1) is 16.4. The highest BCUT2D eigenvalue weighted by molar-refractivity contribution is 5.97. The van der Waals surface area contributed by atoms with Gasteiger partial charge in [0, 0.05) is 17.8 Å². The van der Waals surface area contributed by atoms with Gasteiger partial charge in [0.15, 0.2) is 6.61 Å². The van der Waals surface area contributed by atoms with Crippen LogP contribution in [0.25, 0.3) is 5.69 Å². The summed E-state index contributed by atoms with van der Waals surface area (Å²) in [6.45, 7) is 2.04. The minimum atomic E-state index is -4.62. The van der Waals surface area contributed by atoms with E-state index in [9.17, 15) is 37.7 Å². The number of carbonyl (C=O) groups is 2. The number of benzene rings is 2. The zero-order valence-corrected chi connectivity index (χ0v) is 18.3. The quantitative estimate of drug-likeness (QED) is 0.317. The van der Waals surface area contributed by atoms with Crippen molar-refractivity contribution in [1.29, 1.82) is 0 Å². The number of amides is 1. The molecule has 0 fully saturated rings. The van der Waals surface area contributed by atoms with Gasteiger partial charge in [0.25, 0.3) is 11.6 Å². The number of aromatic nitrogens is 2. The van der Waals surface area contributed by atoms with E-state index in [1.54, 1.807) is 0 Å². The number of nitro groups is 1. The summed E-state index contributed by atoms with van der Waals surface area (Å²) >= 11 is 0. The van der Waals surface area contributed by atoms with Crippen molar-refractivity contribution in [2.24, 2.45) is 0 Å². The van der Waals surface area contributed by atoms with Crippen LogP contribution in [0.3, 0.4) is 0 Å². The smallest absolute Gasteiger partial charge is 0.416 e. The maximum atomic E-state index is 13.1. The van der Waals surface area contributed by atoms with Crippen LogP contribution in [0, 0.1) is 24.0 Å². The van der Waals surface area contributed by atoms with E-state index in [2.05, 4.69) is 10.4 Å². The lowest BCUT2D eigenvalue weighted by Gasteiger charge is -2.13. The number of rotatable bonds is 6. The van der Waals surface area contributed by atoms with Crippen molar-refractivity contribution in [3.05, 3.63) is 91.4 Å². The number of aryl methyl sites for hydroxylation is 2. The van der Waals surface area contributed by atoms with E-state index >= 15 is 0 Å². The number of hydrogen-bond acceptors (Lipinski definition) is 7. The van der Waals surface area contributed by atoms with Gasteiger partial charge in [0.2, 0.25) is 11.1 Å². The molecule has 0 saturated carbocycles. The molecular formula is C22H17F3N4O6. The molecule has 0 atom stereocenters. The molecule has 10 nitrogen and oxygen atoms in total. The van der Waals surface area contributed by atoms with Gasteiger partial charge in [-0.1, -0.05) is 18.2 Å². The normalized spacial score (nSPS) is 11.1. The van der Waals surface area contributed by atoms with Gasteiger partial charge in [-0.2, -0.15) is 18.3 Å². The number of carbonyl (C=O) groups excluding carboxylic acids is 2. The number of anilines is 1. The number of esters is 1. The van der Waals surface area contributed by atoms with Crippen molar-refractivity contribution >= 4 is 23.3 Å². The molecule has 0 saturated heterocycles. The average molecular weight is 490 g/mol. The molecule has 0 bridgehead atoms. The predicted molar refractivity (Wildman–Crippen MR) is 116 cm³/mol.